The lowest BCUT2D eigenvalue weighted by Gasteiger charge is -2.03. The molecule has 1 aromatic rings. The third-order valence-corrected chi connectivity index (χ3v) is 2.56. The molecular formula is C13H15F3O. The van der Waals surface area contributed by atoms with Crippen LogP contribution in [0.5, 0.6) is 0 Å². The lowest BCUT2D eigenvalue weighted by molar-refractivity contribution is 0.0978. The molecule has 0 atom stereocenters. The van der Waals surface area contributed by atoms with Crippen LogP contribution in [-0.4, -0.2) is 5.78 Å². The summed E-state index contributed by atoms with van der Waals surface area (Å²) in [6.45, 7) is 2.05. The standard InChI is InChI=1S/C13H15F3O/c1-2-3-4-5-6-12(17)9-7-10(14)13(16)11(15)8-9/h7-8H,2-6H2,1H3. The van der Waals surface area contributed by atoms with E-state index in [2.05, 4.69) is 0 Å². The maximum absolute atomic E-state index is 12.9. The van der Waals surface area contributed by atoms with Gasteiger partial charge >= 0.3 is 0 Å². The van der Waals surface area contributed by atoms with Crippen molar-refractivity contribution in [2.75, 3.05) is 0 Å². The minimum atomic E-state index is -1.53. The Bertz CT molecular complexity index is 379. The number of carbonyl (C=O) groups is 1. The van der Waals surface area contributed by atoms with E-state index in [4.69, 9.17) is 0 Å². The van der Waals surface area contributed by atoms with Crippen molar-refractivity contribution in [2.24, 2.45) is 0 Å². The van der Waals surface area contributed by atoms with E-state index >= 15 is 0 Å². The fourth-order valence-electron chi connectivity index (χ4n) is 1.57. The molecule has 0 aliphatic heterocycles. The molecule has 0 aromatic heterocycles. The van der Waals surface area contributed by atoms with Crippen LogP contribution in [0, 0.1) is 17.5 Å². The van der Waals surface area contributed by atoms with Crippen LogP contribution in [-0.2, 0) is 0 Å². The van der Waals surface area contributed by atoms with E-state index in [1.165, 1.54) is 0 Å². The minimum absolute atomic E-state index is 0.0992. The lowest BCUT2D eigenvalue weighted by Crippen LogP contribution is -2.03. The molecule has 0 spiro atoms. The van der Waals surface area contributed by atoms with E-state index in [-0.39, 0.29) is 17.8 Å². The first-order chi connectivity index (χ1) is 8.06. The average Bonchev–Trinajstić information content (AvgIpc) is 2.30. The number of hydrogen-bond acceptors (Lipinski definition) is 1. The largest absolute Gasteiger partial charge is 0.294 e. The van der Waals surface area contributed by atoms with Crippen LogP contribution in [0.25, 0.3) is 0 Å². The van der Waals surface area contributed by atoms with Crippen molar-refractivity contribution in [1.29, 1.82) is 0 Å². The number of hydrogen-bond donors (Lipinski definition) is 0. The highest BCUT2D eigenvalue weighted by Crippen LogP contribution is 2.16. The molecule has 0 amide bonds. The lowest BCUT2D eigenvalue weighted by atomic mass is 10.0. The zero-order valence-corrected chi connectivity index (χ0v) is 9.73. The summed E-state index contributed by atoms with van der Waals surface area (Å²) in [5.74, 6) is -4.52. The molecule has 17 heavy (non-hydrogen) atoms. The first kappa shape index (κ1) is 13.7. The molecule has 0 unspecified atom stereocenters. The molecule has 1 rings (SSSR count). The van der Waals surface area contributed by atoms with Crippen molar-refractivity contribution in [3.05, 3.63) is 35.1 Å². The first-order valence-corrected chi connectivity index (χ1v) is 5.74. The SMILES string of the molecule is CCCCCCC(=O)c1cc(F)c(F)c(F)c1. The van der Waals surface area contributed by atoms with E-state index in [0.717, 1.165) is 31.4 Å². The van der Waals surface area contributed by atoms with E-state index in [1.807, 2.05) is 6.92 Å². The maximum atomic E-state index is 12.9. The Morgan fingerprint density at radius 2 is 1.65 bits per heavy atom. The van der Waals surface area contributed by atoms with Crippen molar-refractivity contribution in [3.63, 3.8) is 0 Å². The van der Waals surface area contributed by atoms with Crippen LogP contribution in [0.1, 0.15) is 49.4 Å². The number of unbranched alkanes of at least 4 members (excludes halogenated alkanes) is 3. The average molecular weight is 244 g/mol. The highest BCUT2D eigenvalue weighted by Gasteiger charge is 2.14. The Labute approximate surface area is 98.6 Å². The van der Waals surface area contributed by atoms with Crippen molar-refractivity contribution in [2.45, 2.75) is 39.0 Å². The molecule has 0 fully saturated rings. The summed E-state index contributed by atoms with van der Waals surface area (Å²) >= 11 is 0. The van der Waals surface area contributed by atoms with Crippen LogP contribution < -0.4 is 0 Å². The molecule has 0 heterocycles. The number of benzene rings is 1. The topological polar surface area (TPSA) is 17.1 Å². The van der Waals surface area contributed by atoms with Gasteiger partial charge in [-0.2, -0.15) is 0 Å². The van der Waals surface area contributed by atoms with E-state index in [9.17, 15) is 18.0 Å². The van der Waals surface area contributed by atoms with Gasteiger partial charge in [-0.25, -0.2) is 13.2 Å². The number of rotatable bonds is 6. The fourth-order valence-corrected chi connectivity index (χ4v) is 1.57. The van der Waals surface area contributed by atoms with Crippen molar-refractivity contribution < 1.29 is 18.0 Å². The Morgan fingerprint density at radius 1 is 1.06 bits per heavy atom. The molecule has 0 radical (unpaired) electrons. The molecule has 0 saturated heterocycles. The smallest absolute Gasteiger partial charge is 0.194 e. The fraction of sp³-hybridized carbons (Fsp3) is 0.462. The third kappa shape index (κ3) is 3.88. The predicted molar refractivity (Wildman–Crippen MR) is 59.4 cm³/mol. The Morgan fingerprint density at radius 3 is 2.18 bits per heavy atom. The van der Waals surface area contributed by atoms with Crippen LogP contribution in [0.3, 0.4) is 0 Å². The van der Waals surface area contributed by atoms with Crippen molar-refractivity contribution in [3.8, 4) is 0 Å². The van der Waals surface area contributed by atoms with Gasteiger partial charge in [0.1, 0.15) is 0 Å². The summed E-state index contributed by atoms with van der Waals surface area (Å²) in [6, 6.07) is 1.50. The highest BCUT2D eigenvalue weighted by atomic mass is 19.2. The second kappa shape index (κ2) is 6.42. The van der Waals surface area contributed by atoms with Gasteiger partial charge in [0.05, 0.1) is 0 Å². The highest BCUT2D eigenvalue weighted by molar-refractivity contribution is 5.96. The molecule has 0 aliphatic carbocycles. The molecule has 94 valence electrons. The van der Waals surface area contributed by atoms with Crippen LogP contribution >= 0.6 is 0 Å². The predicted octanol–water partition coefficient (Wildman–Crippen LogP) is 4.26. The van der Waals surface area contributed by atoms with Gasteiger partial charge in [-0.1, -0.05) is 26.2 Å². The molecule has 0 aliphatic rings. The summed E-state index contributed by atoms with van der Waals surface area (Å²) in [6.07, 6.45) is 3.92. The van der Waals surface area contributed by atoms with E-state index in [0.29, 0.717) is 6.42 Å². The minimum Gasteiger partial charge on any atom is -0.294 e. The maximum Gasteiger partial charge on any atom is 0.194 e. The zero-order valence-electron chi connectivity index (χ0n) is 9.73. The zero-order chi connectivity index (χ0) is 12.8. The van der Waals surface area contributed by atoms with Gasteiger partial charge in [0.2, 0.25) is 0 Å². The summed E-state index contributed by atoms with van der Waals surface area (Å²) in [7, 11) is 0. The number of Topliss-reactive ketones (excluding diaryl/α,β-unsaturated/α-hetero) is 1. The van der Waals surface area contributed by atoms with Gasteiger partial charge in [-0.3, -0.25) is 4.79 Å². The van der Waals surface area contributed by atoms with Crippen LogP contribution in [0.2, 0.25) is 0 Å². The molecular weight excluding hydrogens is 229 g/mol. The second-order valence-corrected chi connectivity index (χ2v) is 3.99. The van der Waals surface area contributed by atoms with Crippen molar-refractivity contribution in [1.82, 2.24) is 0 Å². The summed E-state index contributed by atoms with van der Waals surface area (Å²) < 4.78 is 38.4. The molecule has 1 aromatic carbocycles. The summed E-state index contributed by atoms with van der Waals surface area (Å²) in [4.78, 5) is 11.6. The van der Waals surface area contributed by atoms with Crippen LogP contribution in [0.4, 0.5) is 13.2 Å². The normalized spacial score (nSPS) is 10.6. The van der Waals surface area contributed by atoms with Crippen LogP contribution in [0.15, 0.2) is 12.1 Å². The van der Waals surface area contributed by atoms with Gasteiger partial charge in [0, 0.05) is 12.0 Å². The molecule has 4 heteroatoms. The van der Waals surface area contributed by atoms with Gasteiger partial charge in [-0.05, 0) is 18.6 Å². The molecule has 1 nitrogen and oxygen atoms in total. The Balaban J connectivity index is 2.63. The molecule has 0 bridgehead atoms. The Hall–Kier alpha value is -1.32. The number of halogens is 3. The first-order valence-electron chi connectivity index (χ1n) is 5.74. The number of carbonyl (C=O) groups excluding carboxylic acids is 1. The van der Waals surface area contributed by atoms with Crippen molar-refractivity contribution >= 4 is 5.78 Å². The van der Waals surface area contributed by atoms with E-state index < -0.39 is 17.5 Å². The Kier molecular flexibility index (Phi) is 5.19. The quantitative estimate of drug-likeness (QED) is 0.415. The molecule has 0 N–H and O–H groups in total. The number of ketones is 1. The summed E-state index contributed by atoms with van der Waals surface area (Å²) in [5.41, 5.74) is -0.0992. The van der Waals surface area contributed by atoms with E-state index in [1.54, 1.807) is 0 Å². The monoisotopic (exact) mass is 244 g/mol. The summed E-state index contributed by atoms with van der Waals surface area (Å²) in [5, 5.41) is 0. The third-order valence-electron chi connectivity index (χ3n) is 2.56. The van der Waals surface area contributed by atoms with Gasteiger partial charge in [0.25, 0.3) is 0 Å². The molecule has 0 saturated carbocycles. The van der Waals surface area contributed by atoms with Gasteiger partial charge < -0.3 is 0 Å². The second-order valence-electron chi connectivity index (χ2n) is 3.99. The van der Waals surface area contributed by atoms with Gasteiger partial charge in [0.15, 0.2) is 23.2 Å². The van der Waals surface area contributed by atoms with Gasteiger partial charge in [-0.15, -0.1) is 0 Å².